The summed E-state index contributed by atoms with van der Waals surface area (Å²) in [5.41, 5.74) is 8.06. The van der Waals surface area contributed by atoms with E-state index in [4.69, 9.17) is 4.74 Å². The second-order valence-electron chi connectivity index (χ2n) is 7.70. The van der Waals surface area contributed by atoms with Crippen molar-refractivity contribution in [3.05, 3.63) is 93.0 Å². The van der Waals surface area contributed by atoms with E-state index in [-0.39, 0.29) is 5.91 Å². The molecule has 0 radical (unpaired) electrons. The van der Waals surface area contributed by atoms with Gasteiger partial charge in [-0.05, 0) is 60.2 Å². The van der Waals surface area contributed by atoms with E-state index in [9.17, 15) is 4.79 Å². The lowest BCUT2D eigenvalue weighted by molar-refractivity contribution is -0.116. The summed E-state index contributed by atoms with van der Waals surface area (Å²) in [6.07, 6.45) is 0.929. The van der Waals surface area contributed by atoms with Crippen molar-refractivity contribution < 1.29 is 9.53 Å². The van der Waals surface area contributed by atoms with Gasteiger partial charge in [-0.2, -0.15) is 0 Å². The van der Waals surface area contributed by atoms with E-state index in [1.807, 2.05) is 61.6 Å². The zero-order valence-electron chi connectivity index (χ0n) is 19.5. The molecule has 0 bridgehead atoms. The zero-order valence-corrected chi connectivity index (χ0v) is 20.4. The average molecular weight is 449 g/mol. The normalized spacial score (nSPS) is 15.9. The monoisotopic (exact) mass is 448 g/mol. The number of benzene rings is 2. The second kappa shape index (κ2) is 11.1. The number of ether oxygens (including phenoxy) is 1. The zero-order chi connectivity index (χ0) is 23.1. The first-order chi connectivity index (χ1) is 15.5. The number of carbonyl (C=O) groups excluding carboxylic acids is 1. The minimum absolute atomic E-state index is 0.0279. The molecule has 1 amide bonds. The van der Waals surface area contributed by atoms with Crippen LogP contribution in [0.2, 0.25) is 0 Å². The molecule has 1 aliphatic rings. The molecule has 2 aromatic rings. The number of amides is 1. The minimum atomic E-state index is -0.0279. The predicted molar refractivity (Wildman–Crippen MR) is 135 cm³/mol. The van der Waals surface area contributed by atoms with Crippen molar-refractivity contribution in [2.24, 2.45) is 0 Å². The molecule has 2 N–H and O–H groups in total. The molecular formula is C27H32N2O2S. The van der Waals surface area contributed by atoms with E-state index in [0.717, 1.165) is 39.5 Å². The van der Waals surface area contributed by atoms with Crippen LogP contribution in [-0.2, 0) is 11.3 Å². The van der Waals surface area contributed by atoms with Gasteiger partial charge in [0.25, 0.3) is 5.91 Å². The van der Waals surface area contributed by atoms with Crippen LogP contribution >= 0.6 is 11.8 Å². The van der Waals surface area contributed by atoms with E-state index in [2.05, 4.69) is 31.4 Å². The van der Waals surface area contributed by atoms with Gasteiger partial charge in [0.15, 0.2) is 0 Å². The molecule has 32 heavy (non-hydrogen) atoms. The van der Waals surface area contributed by atoms with Crippen LogP contribution in [0.1, 0.15) is 38.3 Å². The number of rotatable bonds is 8. The summed E-state index contributed by atoms with van der Waals surface area (Å²) in [4.78, 5) is 14.0. The molecule has 4 nitrogen and oxygen atoms in total. The summed E-state index contributed by atoms with van der Waals surface area (Å²) in [6.45, 7) is 6.96. The molecule has 2 aromatic carbocycles. The molecule has 0 saturated carbocycles. The van der Waals surface area contributed by atoms with Crippen molar-refractivity contribution in [1.29, 1.82) is 0 Å². The fourth-order valence-corrected chi connectivity index (χ4v) is 5.20. The van der Waals surface area contributed by atoms with Crippen molar-refractivity contribution in [1.82, 2.24) is 10.6 Å². The van der Waals surface area contributed by atoms with E-state index in [1.54, 1.807) is 18.9 Å². The number of hydrogen-bond donors (Lipinski definition) is 2. The first-order valence-corrected chi connectivity index (χ1v) is 11.9. The molecule has 0 spiro atoms. The number of methoxy groups -OCH3 is 1. The maximum absolute atomic E-state index is 13.3. The summed E-state index contributed by atoms with van der Waals surface area (Å²) < 4.78 is 5.34. The summed E-state index contributed by atoms with van der Waals surface area (Å²) in [5.74, 6) is 1.55. The summed E-state index contributed by atoms with van der Waals surface area (Å²) in [6, 6.07) is 18.0. The standard InChI is InChI=1S/C27H32N2O2S/c1-6-23(19(3)28-4)18(2)24-17-32-26(25(24)21-12-14-22(31-5)15-13-21)27(30)29-16-20-10-8-7-9-11-20/h7-15,28H,6,16-17H2,1-5H3,(H,29,30)/b23-19-,24-18+. The van der Waals surface area contributed by atoms with Crippen LogP contribution in [0.3, 0.4) is 0 Å². The molecule has 3 rings (SSSR count). The number of thioether (sulfide) groups is 1. The van der Waals surface area contributed by atoms with E-state index < -0.39 is 0 Å². The Hall–Kier alpha value is -2.92. The Morgan fingerprint density at radius 2 is 1.75 bits per heavy atom. The van der Waals surface area contributed by atoms with Gasteiger partial charge in [0.1, 0.15) is 5.75 Å². The molecule has 0 unspecified atom stereocenters. The van der Waals surface area contributed by atoms with Gasteiger partial charge in [0.2, 0.25) is 0 Å². The molecule has 0 saturated heterocycles. The Balaban J connectivity index is 2.05. The molecule has 5 heteroatoms. The van der Waals surface area contributed by atoms with Crippen molar-refractivity contribution in [3.63, 3.8) is 0 Å². The van der Waals surface area contributed by atoms with Gasteiger partial charge >= 0.3 is 0 Å². The molecule has 1 aliphatic heterocycles. The van der Waals surface area contributed by atoms with E-state index in [1.165, 1.54) is 22.4 Å². The van der Waals surface area contributed by atoms with Crippen molar-refractivity contribution >= 4 is 23.2 Å². The highest BCUT2D eigenvalue weighted by molar-refractivity contribution is 8.04. The van der Waals surface area contributed by atoms with Crippen LogP contribution in [-0.4, -0.2) is 25.8 Å². The van der Waals surface area contributed by atoms with Gasteiger partial charge in [-0.1, -0.05) is 49.4 Å². The second-order valence-corrected chi connectivity index (χ2v) is 8.69. The highest BCUT2D eigenvalue weighted by Gasteiger charge is 2.29. The molecule has 0 aliphatic carbocycles. The summed E-state index contributed by atoms with van der Waals surface area (Å²) in [7, 11) is 3.62. The van der Waals surface area contributed by atoms with Gasteiger partial charge in [-0.15, -0.1) is 11.8 Å². The summed E-state index contributed by atoms with van der Waals surface area (Å²) >= 11 is 1.62. The third-order valence-corrected chi connectivity index (χ3v) is 6.97. The predicted octanol–water partition coefficient (Wildman–Crippen LogP) is 5.69. The average Bonchev–Trinajstić information content (AvgIpc) is 3.28. The lowest BCUT2D eigenvalue weighted by Crippen LogP contribution is -2.23. The maximum Gasteiger partial charge on any atom is 0.258 e. The lowest BCUT2D eigenvalue weighted by atomic mass is 9.90. The van der Waals surface area contributed by atoms with Crippen LogP contribution in [0, 0.1) is 0 Å². The molecule has 1 heterocycles. The van der Waals surface area contributed by atoms with Crippen molar-refractivity contribution in [2.75, 3.05) is 19.9 Å². The van der Waals surface area contributed by atoms with E-state index >= 15 is 0 Å². The fraction of sp³-hybridized carbons (Fsp3) is 0.296. The van der Waals surface area contributed by atoms with Crippen molar-refractivity contribution in [2.45, 2.75) is 33.7 Å². The molecular weight excluding hydrogens is 416 g/mol. The maximum atomic E-state index is 13.3. The number of allylic oxidation sites excluding steroid dienone is 4. The smallest absolute Gasteiger partial charge is 0.258 e. The van der Waals surface area contributed by atoms with Crippen LogP contribution in [0.15, 0.2) is 81.9 Å². The van der Waals surface area contributed by atoms with Crippen LogP contribution in [0.5, 0.6) is 5.75 Å². The number of nitrogens with one attached hydrogen (secondary N) is 2. The Morgan fingerprint density at radius 3 is 2.34 bits per heavy atom. The highest BCUT2D eigenvalue weighted by Crippen LogP contribution is 2.45. The topological polar surface area (TPSA) is 50.4 Å². The van der Waals surface area contributed by atoms with Gasteiger partial charge in [0.05, 0.1) is 12.0 Å². The lowest BCUT2D eigenvalue weighted by Gasteiger charge is -2.17. The number of carbonyl (C=O) groups is 1. The first-order valence-electron chi connectivity index (χ1n) is 10.9. The third kappa shape index (κ3) is 5.28. The van der Waals surface area contributed by atoms with Crippen LogP contribution in [0.25, 0.3) is 5.57 Å². The van der Waals surface area contributed by atoms with Gasteiger partial charge < -0.3 is 15.4 Å². The molecule has 168 valence electrons. The first kappa shape index (κ1) is 23.7. The van der Waals surface area contributed by atoms with Gasteiger partial charge in [-0.25, -0.2) is 0 Å². The largest absolute Gasteiger partial charge is 0.497 e. The van der Waals surface area contributed by atoms with Gasteiger partial charge in [0, 0.05) is 30.6 Å². The fourth-order valence-electron chi connectivity index (χ4n) is 3.97. The quantitative estimate of drug-likeness (QED) is 0.545. The molecule has 0 atom stereocenters. The van der Waals surface area contributed by atoms with Crippen LogP contribution in [0.4, 0.5) is 0 Å². The number of hydrogen-bond acceptors (Lipinski definition) is 4. The summed E-state index contributed by atoms with van der Waals surface area (Å²) in [5, 5.41) is 6.40. The Morgan fingerprint density at radius 1 is 1.06 bits per heavy atom. The highest BCUT2D eigenvalue weighted by atomic mass is 32.2. The van der Waals surface area contributed by atoms with Gasteiger partial charge in [-0.3, -0.25) is 4.79 Å². The SMILES string of the molecule is CCC(=C(\C)NC)/C(C)=C1\CSC(C(=O)NCc2ccccc2)=C1c1ccc(OC)cc1. The van der Waals surface area contributed by atoms with Crippen molar-refractivity contribution in [3.8, 4) is 5.75 Å². The Bertz CT molecular complexity index is 1050. The minimum Gasteiger partial charge on any atom is -0.497 e. The van der Waals surface area contributed by atoms with Crippen LogP contribution < -0.4 is 15.4 Å². The van der Waals surface area contributed by atoms with E-state index in [0.29, 0.717) is 6.54 Å². The Kier molecular flexibility index (Phi) is 8.23. The third-order valence-electron chi connectivity index (χ3n) is 5.86. The molecule has 0 aromatic heterocycles. The molecule has 0 fully saturated rings. The Labute approximate surface area is 195 Å².